The fraction of sp³-hybridized carbons (Fsp3) is 0.400. The van der Waals surface area contributed by atoms with Crippen LogP contribution in [0.25, 0.3) is 10.9 Å². The van der Waals surface area contributed by atoms with Crippen LogP contribution in [0.3, 0.4) is 0 Å². The Kier molecular flexibility index (Phi) is 4.15. The van der Waals surface area contributed by atoms with Gasteiger partial charge in [-0.3, -0.25) is 4.98 Å². The van der Waals surface area contributed by atoms with Crippen LogP contribution in [0, 0.1) is 0 Å². The number of nitrogens with zero attached hydrogens (tertiary/aromatic N) is 1. The Labute approximate surface area is 108 Å². The zero-order valence-corrected chi connectivity index (χ0v) is 11.2. The average Bonchev–Trinajstić information content (AvgIpc) is 2.37. The maximum Gasteiger partial charge on any atom is 0.145 e. The number of nitrogens with one attached hydrogen (secondary N) is 1. The highest BCUT2D eigenvalue weighted by molar-refractivity contribution is 5.87. The standard InChI is InChI=1S/C15H20N2O/c1-4-16-10-12-7-8-14(18-11(2)3)15-13(12)6-5-9-17-15/h5-9,11,16H,4,10H2,1-3H3. The van der Waals surface area contributed by atoms with Crippen molar-refractivity contribution in [2.24, 2.45) is 0 Å². The third-order valence-electron chi connectivity index (χ3n) is 2.75. The molecule has 0 unspecified atom stereocenters. The summed E-state index contributed by atoms with van der Waals surface area (Å²) in [6, 6.07) is 8.20. The van der Waals surface area contributed by atoms with Crippen molar-refractivity contribution in [3.8, 4) is 5.75 Å². The first-order valence-corrected chi connectivity index (χ1v) is 6.46. The summed E-state index contributed by atoms with van der Waals surface area (Å²) in [5, 5.41) is 4.51. The molecule has 2 aromatic rings. The number of rotatable bonds is 5. The normalized spacial score (nSPS) is 11.1. The highest BCUT2D eigenvalue weighted by atomic mass is 16.5. The molecular weight excluding hydrogens is 224 g/mol. The molecule has 3 nitrogen and oxygen atoms in total. The van der Waals surface area contributed by atoms with Crippen LogP contribution >= 0.6 is 0 Å². The molecule has 0 spiro atoms. The van der Waals surface area contributed by atoms with Gasteiger partial charge in [0, 0.05) is 18.1 Å². The van der Waals surface area contributed by atoms with Gasteiger partial charge in [-0.15, -0.1) is 0 Å². The highest BCUT2D eigenvalue weighted by Crippen LogP contribution is 2.27. The molecular formula is C15H20N2O. The van der Waals surface area contributed by atoms with Crippen LogP contribution in [-0.4, -0.2) is 17.6 Å². The summed E-state index contributed by atoms with van der Waals surface area (Å²) in [4.78, 5) is 4.45. The van der Waals surface area contributed by atoms with Gasteiger partial charge in [0.1, 0.15) is 11.3 Å². The van der Waals surface area contributed by atoms with Crippen LogP contribution in [-0.2, 0) is 6.54 Å². The predicted molar refractivity (Wildman–Crippen MR) is 74.9 cm³/mol. The molecule has 0 saturated carbocycles. The van der Waals surface area contributed by atoms with Gasteiger partial charge < -0.3 is 10.1 Å². The molecule has 2 rings (SSSR count). The first-order chi connectivity index (χ1) is 8.72. The van der Waals surface area contributed by atoms with E-state index in [1.807, 2.05) is 32.2 Å². The fourth-order valence-electron chi connectivity index (χ4n) is 1.97. The minimum absolute atomic E-state index is 0.162. The summed E-state index contributed by atoms with van der Waals surface area (Å²) >= 11 is 0. The Morgan fingerprint density at radius 1 is 1.28 bits per heavy atom. The van der Waals surface area contributed by atoms with Crippen molar-refractivity contribution < 1.29 is 4.74 Å². The smallest absolute Gasteiger partial charge is 0.145 e. The van der Waals surface area contributed by atoms with Crippen molar-refractivity contribution >= 4 is 10.9 Å². The molecule has 0 aliphatic heterocycles. The van der Waals surface area contributed by atoms with Gasteiger partial charge in [-0.05, 0) is 38.1 Å². The van der Waals surface area contributed by atoms with Crippen molar-refractivity contribution in [1.29, 1.82) is 0 Å². The van der Waals surface area contributed by atoms with E-state index in [0.717, 1.165) is 29.7 Å². The second kappa shape index (κ2) is 5.83. The Morgan fingerprint density at radius 3 is 2.83 bits per heavy atom. The van der Waals surface area contributed by atoms with Crippen LogP contribution in [0.4, 0.5) is 0 Å². The van der Waals surface area contributed by atoms with Crippen molar-refractivity contribution in [3.05, 3.63) is 36.0 Å². The van der Waals surface area contributed by atoms with Gasteiger partial charge in [-0.2, -0.15) is 0 Å². The molecule has 96 valence electrons. The first-order valence-electron chi connectivity index (χ1n) is 6.46. The van der Waals surface area contributed by atoms with Gasteiger partial charge >= 0.3 is 0 Å². The number of hydrogen-bond acceptors (Lipinski definition) is 3. The summed E-state index contributed by atoms with van der Waals surface area (Å²) in [6.07, 6.45) is 1.97. The maximum absolute atomic E-state index is 5.80. The average molecular weight is 244 g/mol. The van der Waals surface area contributed by atoms with Crippen LogP contribution < -0.4 is 10.1 Å². The van der Waals surface area contributed by atoms with Crippen LogP contribution in [0.2, 0.25) is 0 Å². The summed E-state index contributed by atoms with van der Waals surface area (Å²) < 4.78 is 5.80. The van der Waals surface area contributed by atoms with Gasteiger partial charge in [0.15, 0.2) is 0 Å². The molecule has 0 atom stereocenters. The van der Waals surface area contributed by atoms with Crippen LogP contribution in [0.5, 0.6) is 5.75 Å². The van der Waals surface area contributed by atoms with Gasteiger partial charge in [0.2, 0.25) is 0 Å². The topological polar surface area (TPSA) is 34.1 Å². The number of pyridine rings is 1. The lowest BCUT2D eigenvalue weighted by molar-refractivity contribution is 0.245. The SMILES string of the molecule is CCNCc1ccc(OC(C)C)c2ncccc12. The van der Waals surface area contributed by atoms with Crippen molar-refractivity contribution in [1.82, 2.24) is 10.3 Å². The monoisotopic (exact) mass is 244 g/mol. The molecule has 0 amide bonds. The number of fused-ring (bicyclic) bond motifs is 1. The van der Waals surface area contributed by atoms with Crippen molar-refractivity contribution in [2.45, 2.75) is 33.4 Å². The van der Waals surface area contributed by atoms with E-state index < -0.39 is 0 Å². The minimum Gasteiger partial charge on any atom is -0.489 e. The Balaban J connectivity index is 2.44. The number of ether oxygens (including phenoxy) is 1. The summed E-state index contributed by atoms with van der Waals surface area (Å²) in [7, 11) is 0. The molecule has 0 aliphatic rings. The van der Waals surface area contributed by atoms with E-state index in [9.17, 15) is 0 Å². The zero-order valence-electron chi connectivity index (χ0n) is 11.2. The molecule has 0 fully saturated rings. The van der Waals surface area contributed by atoms with E-state index in [2.05, 4.69) is 29.4 Å². The number of aromatic nitrogens is 1. The Morgan fingerprint density at radius 2 is 2.11 bits per heavy atom. The van der Waals surface area contributed by atoms with E-state index >= 15 is 0 Å². The van der Waals surface area contributed by atoms with Crippen molar-refractivity contribution in [2.75, 3.05) is 6.54 Å². The maximum atomic E-state index is 5.80. The Bertz CT molecular complexity index is 523. The molecule has 0 aliphatic carbocycles. The fourth-order valence-corrected chi connectivity index (χ4v) is 1.97. The molecule has 18 heavy (non-hydrogen) atoms. The van der Waals surface area contributed by atoms with Crippen LogP contribution in [0.15, 0.2) is 30.5 Å². The molecule has 1 aromatic heterocycles. The van der Waals surface area contributed by atoms with E-state index in [4.69, 9.17) is 4.74 Å². The number of benzene rings is 1. The van der Waals surface area contributed by atoms with Gasteiger partial charge in [0.05, 0.1) is 6.10 Å². The lowest BCUT2D eigenvalue weighted by Gasteiger charge is -2.14. The van der Waals surface area contributed by atoms with Gasteiger partial charge in [0.25, 0.3) is 0 Å². The number of hydrogen-bond donors (Lipinski definition) is 1. The highest BCUT2D eigenvalue weighted by Gasteiger charge is 2.08. The van der Waals surface area contributed by atoms with E-state index in [0.29, 0.717) is 0 Å². The van der Waals surface area contributed by atoms with E-state index in [1.54, 1.807) is 0 Å². The molecule has 1 heterocycles. The van der Waals surface area contributed by atoms with Crippen molar-refractivity contribution in [3.63, 3.8) is 0 Å². The molecule has 0 radical (unpaired) electrons. The summed E-state index contributed by atoms with van der Waals surface area (Å²) in [6.45, 7) is 7.99. The van der Waals surface area contributed by atoms with E-state index in [1.165, 1.54) is 5.56 Å². The third kappa shape index (κ3) is 2.79. The molecule has 1 N–H and O–H groups in total. The predicted octanol–water partition coefficient (Wildman–Crippen LogP) is 3.13. The second-order valence-electron chi connectivity index (χ2n) is 4.57. The Hall–Kier alpha value is -1.61. The zero-order chi connectivity index (χ0) is 13.0. The molecule has 1 aromatic carbocycles. The largest absolute Gasteiger partial charge is 0.489 e. The third-order valence-corrected chi connectivity index (χ3v) is 2.75. The van der Waals surface area contributed by atoms with Gasteiger partial charge in [-0.1, -0.05) is 19.1 Å². The minimum atomic E-state index is 0.162. The van der Waals surface area contributed by atoms with Gasteiger partial charge in [-0.25, -0.2) is 0 Å². The van der Waals surface area contributed by atoms with E-state index in [-0.39, 0.29) is 6.10 Å². The summed E-state index contributed by atoms with van der Waals surface area (Å²) in [5.74, 6) is 0.862. The second-order valence-corrected chi connectivity index (χ2v) is 4.57. The summed E-state index contributed by atoms with van der Waals surface area (Å²) in [5.41, 5.74) is 2.21. The molecule has 0 bridgehead atoms. The first kappa shape index (κ1) is 12.8. The lowest BCUT2D eigenvalue weighted by Crippen LogP contribution is -2.12. The quantitative estimate of drug-likeness (QED) is 0.877. The van der Waals surface area contributed by atoms with Crippen LogP contribution in [0.1, 0.15) is 26.3 Å². The molecule has 0 saturated heterocycles. The lowest BCUT2D eigenvalue weighted by atomic mass is 10.1. The molecule has 3 heteroatoms.